The molecule has 0 aromatic carbocycles. The molecule has 1 aromatic rings. The normalized spacial score (nSPS) is 23.9. The average Bonchev–Trinajstić information content (AvgIpc) is 2.49. The number of nitrogens with one attached hydrogen (secondary N) is 1. The van der Waals surface area contributed by atoms with Gasteiger partial charge in [-0.15, -0.1) is 0 Å². The molecule has 8 nitrogen and oxygen atoms in total. The van der Waals surface area contributed by atoms with Crippen molar-refractivity contribution in [2.45, 2.75) is 44.8 Å². The zero-order valence-electron chi connectivity index (χ0n) is 13.9. The standard InChI is InChI=1S/C16H22N4O4/c1-3-24-14-9-13(16(14)6-4-7-16)19(2)15(21)18-11-5-8-17-10-12(11)20(22)23/h5,8,10,13-14H,3-4,6-7,9H2,1-2H3,(H,17,18,21)/t13-,14-/m1/s1. The van der Waals surface area contributed by atoms with E-state index in [9.17, 15) is 14.9 Å². The number of urea groups is 1. The molecule has 1 N–H and O–H groups in total. The van der Waals surface area contributed by atoms with Crippen LogP contribution in [0.2, 0.25) is 0 Å². The van der Waals surface area contributed by atoms with E-state index in [0.717, 1.165) is 31.9 Å². The minimum Gasteiger partial charge on any atom is -0.378 e. The summed E-state index contributed by atoms with van der Waals surface area (Å²) in [7, 11) is 1.75. The summed E-state index contributed by atoms with van der Waals surface area (Å²) < 4.78 is 5.81. The Morgan fingerprint density at radius 3 is 2.92 bits per heavy atom. The quantitative estimate of drug-likeness (QED) is 0.659. The van der Waals surface area contributed by atoms with Crippen LogP contribution in [0.3, 0.4) is 0 Å². The van der Waals surface area contributed by atoms with Gasteiger partial charge in [-0.1, -0.05) is 6.42 Å². The summed E-state index contributed by atoms with van der Waals surface area (Å²) in [5.74, 6) is 0. The Labute approximate surface area is 140 Å². The first kappa shape index (κ1) is 16.6. The molecule has 0 unspecified atom stereocenters. The van der Waals surface area contributed by atoms with Gasteiger partial charge >= 0.3 is 11.7 Å². The first-order valence-electron chi connectivity index (χ1n) is 8.23. The topological polar surface area (TPSA) is 97.6 Å². The van der Waals surface area contributed by atoms with Crippen molar-refractivity contribution >= 4 is 17.4 Å². The van der Waals surface area contributed by atoms with Crippen LogP contribution >= 0.6 is 0 Å². The smallest absolute Gasteiger partial charge is 0.322 e. The minimum absolute atomic E-state index is 0.0618. The average molecular weight is 334 g/mol. The summed E-state index contributed by atoms with van der Waals surface area (Å²) in [4.78, 5) is 28.4. The molecule has 1 spiro atoms. The van der Waals surface area contributed by atoms with Gasteiger partial charge in [-0.3, -0.25) is 15.1 Å². The number of hydrogen-bond donors (Lipinski definition) is 1. The number of carbonyl (C=O) groups is 1. The molecule has 130 valence electrons. The number of pyridine rings is 1. The second-order valence-electron chi connectivity index (χ2n) is 6.47. The van der Waals surface area contributed by atoms with Crippen molar-refractivity contribution in [3.63, 3.8) is 0 Å². The molecule has 2 saturated carbocycles. The van der Waals surface area contributed by atoms with E-state index in [2.05, 4.69) is 10.3 Å². The third-order valence-corrected chi connectivity index (χ3v) is 5.42. The summed E-state index contributed by atoms with van der Waals surface area (Å²) in [6.07, 6.45) is 6.88. The Kier molecular flexibility index (Phi) is 4.40. The molecule has 8 heteroatoms. The fraction of sp³-hybridized carbons (Fsp3) is 0.625. The summed E-state index contributed by atoms with van der Waals surface area (Å²) >= 11 is 0. The summed E-state index contributed by atoms with van der Waals surface area (Å²) in [6, 6.07) is 1.21. The number of hydrogen-bond acceptors (Lipinski definition) is 5. The largest absolute Gasteiger partial charge is 0.378 e. The van der Waals surface area contributed by atoms with E-state index in [1.165, 1.54) is 12.3 Å². The lowest BCUT2D eigenvalue weighted by Gasteiger charge is -2.63. The van der Waals surface area contributed by atoms with E-state index in [0.29, 0.717) is 6.61 Å². The Morgan fingerprint density at radius 2 is 2.33 bits per heavy atom. The van der Waals surface area contributed by atoms with Crippen LogP contribution in [0.15, 0.2) is 18.5 Å². The molecular weight excluding hydrogens is 312 g/mol. The lowest BCUT2D eigenvalue weighted by Crippen LogP contribution is -2.68. The van der Waals surface area contributed by atoms with Gasteiger partial charge in [0.05, 0.1) is 11.0 Å². The zero-order valence-corrected chi connectivity index (χ0v) is 13.9. The highest BCUT2D eigenvalue weighted by Gasteiger charge is 2.60. The minimum atomic E-state index is -0.551. The monoisotopic (exact) mass is 334 g/mol. The molecule has 2 amide bonds. The molecule has 2 aliphatic rings. The summed E-state index contributed by atoms with van der Waals surface area (Å²) in [5, 5.41) is 13.7. The Morgan fingerprint density at radius 1 is 1.58 bits per heavy atom. The molecular formula is C16H22N4O4. The summed E-state index contributed by atoms with van der Waals surface area (Å²) in [5.41, 5.74) is 0.0142. The van der Waals surface area contributed by atoms with E-state index in [4.69, 9.17) is 4.74 Å². The van der Waals surface area contributed by atoms with Crippen LogP contribution < -0.4 is 5.32 Å². The van der Waals surface area contributed by atoms with Gasteiger partial charge in [0.2, 0.25) is 0 Å². The first-order valence-corrected chi connectivity index (χ1v) is 8.23. The maximum Gasteiger partial charge on any atom is 0.322 e. The number of rotatable bonds is 5. The fourth-order valence-corrected chi connectivity index (χ4v) is 3.93. The zero-order chi connectivity index (χ0) is 17.3. The predicted molar refractivity (Wildman–Crippen MR) is 87.8 cm³/mol. The Balaban J connectivity index is 1.69. The van der Waals surface area contributed by atoms with Crippen LogP contribution in [0.25, 0.3) is 0 Å². The Bertz CT molecular complexity index is 647. The Hall–Kier alpha value is -2.22. The van der Waals surface area contributed by atoms with Crippen LogP contribution in [-0.4, -0.2) is 46.6 Å². The number of nitro groups is 1. The van der Waals surface area contributed by atoms with Gasteiger partial charge in [0, 0.05) is 31.3 Å². The lowest BCUT2D eigenvalue weighted by molar-refractivity contribution is -0.384. The van der Waals surface area contributed by atoms with Crippen LogP contribution in [0.4, 0.5) is 16.2 Å². The van der Waals surface area contributed by atoms with Crippen molar-refractivity contribution in [3.8, 4) is 0 Å². The molecule has 2 aliphatic carbocycles. The van der Waals surface area contributed by atoms with Crippen molar-refractivity contribution in [2.24, 2.45) is 5.41 Å². The van der Waals surface area contributed by atoms with Gasteiger partial charge in [0.1, 0.15) is 11.9 Å². The third-order valence-electron chi connectivity index (χ3n) is 5.42. The highest BCUT2D eigenvalue weighted by Crippen LogP contribution is 2.58. The molecule has 0 bridgehead atoms. The van der Waals surface area contributed by atoms with Crippen molar-refractivity contribution in [2.75, 3.05) is 19.0 Å². The van der Waals surface area contributed by atoms with E-state index in [1.54, 1.807) is 11.9 Å². The SMILES string of the molecule is CCO[C@@H]1C[C@@H](N(C)C(=O)Nc2ccncc2[N+](=O)[O-])C12CCC2. The number of nitrogens with zero attached hydrogens (tertiary/aromatic N) is 3. The predicted octanol–water partition coefficient (Wildman–Crippen LogP) is 2.80. The van der Waals surface area contributed by atoms with Crippen molar-refractivity contribution in [3.05, 3.63) is 28.6 Å². The van der Waals surface area contributed by atoms with E-state index >= 15 is 0 Å². The van der Waals surface area contributed by atoms with Crippen LogP contribution in [0.1, 0.15) is 32.6 Å². The number of amides is 2. The van der Waals surface area contributed by atoms with Gasteiger partial charge < -0.3 is 15.0 Å². The van der Waals surface area contributed by atoms with E-state index in [1.807, 2.05) is 6.92 Å². The molecule has 0 radical (unpaired) electrons. The second-order valence-corrected chi connectivity index (χ2v) is 6.47. The maximum absolute atomic E-state index is 12.5. The maximum atomic E-state index is 12.5. The highest BCUT2D eigenvalue weighted by molar-refractivity contribution is 5.91. The third kappa shape index (κ3) is 2.60. The fourth-order valence-electron chi connectivity index (χ4n) is 3.93. The summed E-state index contributed by atoms with van der Waals surface area (Å²) in [6.45, 7) is 2.66. The lowest BCUT2D eigenvalue weighted by atomic mass is 9.50. The molecule has 2 atom stereocenters. The van der Waals surface area contributed by atoms with E-state index in [-0.39, 0.29) is 35.0 Å². The number of carbonyl (C=O) groups excluding carboxylic acids is 1. The van der Waals surface area contributed by atoms with Crippen LogP contribution in [-0.2, 0) is 4.74 Å². The molecule has 24 heavy (non-hydrogen) atoms. The molecule has 2 fully saturated rings. The molecule has 0 aliphatic heterocycles. The van der Waals surface area contributed by atoms with Gasteiger partial charge in [-0.05, 0) is 32.3 Å². The highest BCUT2D eigenvalue weighted by atomic mass is 16.6. The van der Waals surface area contributed by atoms with Crippen LogP contribution in [0.5, 0.6) is 0 Å². The van der Waals surface area contributed by atoms with Crippen molar-refractivity contribution in [1.82, 2.24) is 9.88 Å². The molecule has 1 heterocycles. The van der Waals surface area contributed by atoms with Gasteiger partial charge in [0.25, 0.3) is 0 Å². The number of anilines is 1. The van der Waals surface area contributed by atoms with Crippen LogP contribution in [0, 0.1) is 15.5 Å². The van der Waals surface area contributed by atoms with Gasteiger partial charge in [0.15, 0.2) is 0 Å². The van der Waals surface area contributed by atoms with E-state index < -0.39 is 4.92 Å². The molecule has 1 aromatic heterocycles. The molecule has 3 rings (SSSR count). The number of ether oxygens (including phenoxy) is 1. The van der Waals surface area contributed by atoms with Crippen molar-refractivity contribution in [1.29, 1.82) is 0 Å². The second kappa shape index (κ2) is 6.35. The number of aromatic nitrogens is 1. The first-order chi connectivity index (χ1) is 11.5. The van der Waals surface area contributed by atoms with Gasteiger partial charge in [-0.2, -0.15) is 0 Å². The van der Waals surface area contributed by atoms with Crippen molar-refractivity contribution < 1.29 is 14.5 Å². The molecule has 0 saturated heterocycles. The van der Waals surface area contributed by atoms with Gasteiger partial charge in [-0.25, -0.2) is 4.79 Å².